The first-order valence-corrected chi connectivity index (χ1v) is 5.04. The molecule has 0 aromatic carbocycles. The molecule has 1 saturated carbocycles. The smallest absolute Gasteiger partial charge is 0.305 e. The van der Waals surface area contributed by atoms with Gasteiger partial charge in [-0.2, -0.15) is 0 Å². The molecule has 1 rings (SSSR count). The third kappa shape index (κ3) is 2.99. The van der Waals surface area contributed by atoms with Crippen LogP contribution in [0.4, 0.5) is 0 Å². The van der Waals surface area contributed by atoms with Gasteiger partial charge in [0, 0.05) is 6.42 Å². The van der Waals surface area contributed by atoms with E-state index in [1.165, 1.54) is 26.4 Å². The summed E-state index contributed by atoms with van der Waals surface area (Å²) in [5.74, 6) is 0.907. The van der Waals surface area contributed by atoms with Crippen LogP contribution in [0.3, 0.4) is 0 Å². The molecule has 0 saturated heterocycles. The van der Waals surface area contributed by atoms with Gasteiger partial charge in [-0.25, -0.2) is 0 Å². The minimum atomic E-state index is -0.0923. The Morgan fingerprint density at radius 3 is 2.54 bits per heavy atom. The zero-order chi connectivity index (χ0) is 9.68. The molecule has 2 atom stereocenters. The predicted molar refractivity (Wildman–Crippen MR) is 51.1 cm³/mol. The Balaban J connectivity index is 2.40. The van der Waals surface area contributed by atoms with Crippen molar-refractivity contribution in [3.05, 3.63) is 0 Å². The van der Waals surface area contributed by atoms with E-state index in [1.807, 2.05) is 0 Å². The molecule has 2 unspecified atom stereocenters. The van der Waals surface area contributed by atoms with E-state index >= 15 is 0 Å². The van der Waals surface area contributed by atoms with Crippen molar-refractivity contribution in [2.24, 2.45) is 17.6 Å². The lowest BCUT2D eigenvalue weighted by atomic mass is 9.77. The Bertz CT molecular complexity index is 170. The van der Waals surface area contributed by atoms with E-state index in [9.17, 15) is 4.79 Å². The number of carbonyl (C=O) groups excluding carboxylic acids is 1. The lowest BCUT2D eigenvalue weighted by Gasteiger charge is -2.29. The van der Waals surface area contributed by atoms with Crippen LogP contribution in [-0.4, -0.2) is 19.6 Å². The summed E-state index contributed by atoms with van der Waals surface area (Å²) in [5, 5.41) is 0. The largest absolute Gasteiger partial charge is 0.469 e. The van der Waals surface area contributed by atoms with Gasteiger partial charge in [-0.1, -0.05) is 12.8 Å². The highest BCUT2D eigenvalue weighted by molar-refractivity contribution is 5.69. The highest BCUT2D eigenvalue weighted by Gasteiger charge is 2.26. The average Bonchev–Trinajstić information content (AvgIpc) is 2.18. The molecule has 2 N–H and O–H groups in total. The topological polar surface area (TPSA) is 52.3 Å². The van der Waals surface area contributed by atoms with Crippen LogP contribution in [0.1, 0.15) is 32.1 Å². The van der Waals surface area contributed by atoms with Gasteiger partial charge >= 0.3 is 5.97 Å². The quantitative estimate of drug-likeness (QED) is 0.674. The molecule has 0 amide bonds. The third-order valence-electron chi connectivity index (χ3n) is 3.03. The van der Waals surface area contributed by atoms with Crippen LogP contribution in [0.15, 0.2) is 0 Å². The van der Waals surface area contributed by atoms with E-state index in [4.69, 9.17) is 5.73 Å². The molecule has 76 valence electrons. The molecule has 3 nitrogen and oxygen atoms in total. The molecule has 0 aromatic heterocycles. The van der Waals surface area contributed by atoms with Crippen LogP contribution in [-0.2, 0) is 9.53 Å². The van der Waals surface area contributed by atoms with Crippen molar-refractivity contribution in [3.63, 3.8) is 0 Å². The second kappa shape index (κ2) is 5.22. The fourth-order valence-electron chi connectivity index (χ4n) is 2.16. The normalized spacial score (nSPS) is 28.5. The second-order valence-corrected chi connectivity index (χ2v) is 3.82. The van der Waals surface area contributed by atoms with Crippen molar-refractivity contribution in [1.29, 1.82) is 0 Å². The molecule has 0 aliphatic heterocycles. The molecule has 0 aromatic rings. The number of nitrogens with two attached hydrogens (primary N) is 1. The SMILES string of the molecule is COC(=O)CC1CCCCC1CN. The maximum absolute atomic E-state index is 11.1. The molecule has 1 fully saturated rings. The fraction of sp³-hybridized carbons (Fsp3) is 0.900. The monoisotopic (exact) mass is 185 g/mol. The first kappa shape index (κ1) is 10.5. The van der Waals surface area contributed by atoms with Gasteiger partial charge in [-0.3, -0.25) is 4.79 Å². The number of esters is 1. The molecule has 3 heteroatoms. The molecular formula is C10H19NO2. The second-order valence-electron chi connectivity index (χ2n) is 3.82. The summed E-state index contributed by atoms with van der Waals surface area (Å²) in [5.41, 5.74) is 5.66. The summed E-state index contributed by atoms with van der Waals surface area (Å²) >= 11 is 0. The van der Waals surface area contributed by atoms with Crippen LogP contribution in [0, 0.1) is 11.8 Å². The third-order valence-corrected chi connectivity index (χ3v) is 3.03. The Morgan fingerprint density at radius 2 is 2.00 bits per heavy atom. The number of hydrogen-bond acceptors (Lipinski definition) is 3. The van der Waals surface area contributed by atoms with Gasteiger partial charge < -0.3 is 10.5 Å². The van der Waals surface area contributed by atoms with Gasteiger partial charge in [0.1, 0.15) is 0 Å². The van der Waals surface area contributed by atoms with Crippen molar-refractivity contribution >= 4 is 5.97 Å². The number of ether oxygens (including phenoxy) is 1. The van der Waals surface area contributed by atoms with E-state index in [2.05, 4.69) is 4.74 Å². The Morgan fingerprint density at radius 1 is 1.38 bits per heavy atom. The highest BCUT2D eigenvalue weighted by Crippen LogP contribution is 2.31. The summed E-state index contributed by atoms with van der Waals surface area (Å²) < 4.78 is 4.67. The summed E-state index contributed by atoms with van der Waals surface area (Å²) in [6.07, 6.45) is 5.37. The Hall–Kier alpha value is -0.570. The Kier molecular flexibility index (Phi) is 4.22. The summed E-state index contributed by atoms with van der Waals surface area (Å²) in [4.78, 5) is 11.1. The minimum absolute atomic E-state index is 0.0923. The molecule has 1 aliphatic carbocycles. The lowest BCUT2D eigenvalue weighted by molar-refractivity contribution is -0.142. The van der Waals surface area contributed by atoms with E-state index in [0.29, 0.717) is 24.8 Å². The molecular weight excluding hydrogens is 166 g/mol. The van der Waals surface area contributed by atoms with Crippen LogP contribution in [0.5, 0.6) is 0 Å². The highest BCUT2D eigenvalue weighted by atomic mass is 16.5. The predicted octanol–water partition coefficient (Wildman–Crippen LogP) is 1.31. The lowest BCUT2D eigenvalue weighted by Crippen LogP contribution is -2.28. The van der Waals surface area contributed by atoms with Crippen LogP contribution < -0.4 is 5.73 Å². The van der Waals surface area contributed by atoms with E-state index in [-0.39, 0.29) is 5.97 Å². The fourth-order valence-corrected chi connectivity index (χ4v) is 2.16. The molecule has 0 bridgehead atoms. The zero-order valence-corrected chi connectivity index (χ0v) is 8.29. The van der Waals surface area contributed by atoms with E-state index in [1.54, 1.807) is 0 Å². The van der Waals surface area contributed by atoms with Crippen molar-refractivity contribution in [1.82, 2.24) is 0 Å². The number of methoxy groups -OCH3 is 1. The van der Waals surface area contributed by atoms with Gasteiger partial charge in [-0.05, 0) is 31.2 Å². The summed E-state index contributed by atoms with van der Waals surface area (Å²) in [6, 6.07) is 0. The number of carbonyl (C=O) groups is 1. The van der Waals surface area contributed by atoms with Crippen LogP contribution >= 0.6 is 0 Å². The van der Waals surface area contributed by atoms with Gasteiger partial charge in [0.05, 0.1) is 7.11 Å². The van der Waals surface area contributed by atoms with Crippen molar-refractivity contribution in [2.75, 3.05) is 13.7 Å². The van der Waals surface area contributed by atoms with Crippen molar-refractivity contribution < 1.29 is 9.53 Å². The molecule has 1 aliphatic rings. The summed E-state index contributed by atoms with van der Waals surface area (Å²) in [6.45, 7) is 0.710. The van der Waals surface area contributed by atoms with Gasteiger partial charge in [0.2, 0.25) is 0 Å². The van der Waals surface area contributed by atoms with Crippen LogP contribution in [0.25, 0.3) is 0 Å². The van der Waals surface area contributed by atoms with E-state index in [0.717, 1.165) is 6.42 Å². The zero-order valence-electron chi connectivity index (χ0n) is 8.29. The van der Waals surface area contributed by atoms with Gasteiger partial charge in [0.25, 0.3) is 0 Å². The van der Waals surface area contributed by atoms with Crippen molar-refractivity contribution in [2.45, 2.75) is 32.1 Å². The molecule has 0 radical (unpaired) electrons. The first-order chi connectivity index (χ1) is 6.27. The van der Waals surface area contributed by atoms with E-state index < -0.39 is 0 Å². The molecule has 0 spiro atoms. The van der Waals surface area contributed by atoms with Crippen molar-refractivity contribution in [3.8, 4) is 0 Å². The number of hydrogen-bond donors (Lipinski definition) is 1. The molecule has 13 heavy (non-hydrogen) atoms. The maximum Gasteiger partial charge on any atom is 0.305 e. The van der Waals surface area contributed by atoms with Gasteiger partial charge in [0.15, 0.2) is 0 Å². The molecule has 0 heterocycles. The number of rotatable bonds is 3. The standard InChI is InChI=1S/C10H19NO2/c1-13-10(12)6-8-4-2-3-5-9(8)7-11/h8-9H,2-7,11H2,1H3. The first-order valence-electron chi connectivity index (χ1n) is 5.04. The minimum Gasteiger partial charge on any atom is -0.469 e. The van der Waals surface area contributed by atoms with Crippen LogP contribution in [0.2, 0.25) is 0 Å². The van der Waals surface area contributed by atoms with Gasteiger partial charge in [-0.15, -0.1) is 0 Å². The average molecular weight is 185 g/mol. The Labute approximate surface area is 79.6 Å². The summed E-state index contributed by atoms with van der Waals surface area (Å²) in [7, 11) is 1.45. The maximum atomic E-state index is 11.1.